The van der Waals surface area contributed by atoms with Crippen LogP contribution >= 0.6 is 0 Å². The van der Waals surface area contributed by atoms with Crippen molar-refractivity contribution < 1.29 is 4.48 Å². The minimum absolute atomic E-state index is 0.837. The highest BCUT2D eigenvalue weighted by Crippen LogP contribution is 2.29. The number of quaternary nitrogens is 1. The topological polar surface area (TPSA) is 3.24 Å². The Morgan fingerprint density at radius 3 is 2.75 bits per heavy atom. The molecule has 12 heavy (non-hydrogen) atoms. The molecule has 0 N–H and O–H groups in total. The van der Waals surface area contributed by atoms with E-state index in [-0.39, 0.29) is 0 Å². The van der Waals surface area contributed by atoms with Crippen LogP contribution in [0.15, 0.2) is 0 Å². The van der Waals surface area contributed by atoms with Gasteiger partial charge in [-0.05, 0) is 20.9 Å². The summed E-state index contributed by atoms with van der Waals surface area (Å²) in [5.74, 6) is 0. The van der Waals surface area contributed by atoms with Gasteiger partial charge < -0.3 is 4.48 Å². The molecule has 0 amide bonds. The summed E-state index contributed by atoms with van der Waals surface area (Å²) in [5, 5.41) is 0. The summed E-state index contributed by atoms with van der Waals surface area (Å²) in [6.07, 6.45) is 1.43. The molecule has 2 saturated heterocycles. The van der Waals surface area contributed by atoms with E-state index < -0.39 is 0 Å². The van der Waals surface area contributed by atoms with E-state index in [9.17, 15) is 0 Å². The highest BCUT2D eigenvalue weighted by molar-refractivity contribution is 4.80. The van der Waals surface area contributed by atoms with E-state index in [2.05, 4.69) is 25.8 Å². The molecule has 2 rings (SSSR count). The van der Waals surface area contributed by atoms with Crippen LogP contribution in [0.2, 0.25) is 0 Å². The molecule has 0 saturated carbocycles. The second kappa shape index (κ2) is 2.71. The predicted molar refractivity (Wildman–Crippen MR) is 51.0 cm³/mol. The normalized spacial score (nSPS) is 42.5. The minimum Gasteiger partial charge on any atom is -0.319 e. The van der Waals surface area contributed by atoms with Crippen LogP contribution in [0, 0.1) is 0 Å². The largest absolute Gasteiger partial charge is 0.319 e. The molecule has 2 aliphatic rings. The molecule has 2 fully saturated rings. The Balaban J connectivity index is 2.13. The van der Waals surface area contributed by atoms with Crippen LogP contribution in [0.3, 0.4) is 0 Å². The fourth-order valence-electron chi connectivity index (χ4n) is 2.84. The SMILES string of the molecule is CC(C)[N+]12CCC(C1)N(C)CC2. The Kier molecular flexibility index (Phi) is 1.92. The minimum atomic E-state index is 0.837. The third-order valence-electron chi connectivity index (χ3n) is 4.10. The van der Waals surface area contributed by atoms with Gasteiger partial charge in [-0.3, -0.25) is 4.90 Å². The Morgan fingerprint density at radius 2 is 2.08 bits per heavy atom. The van der Waals surface area contributed by atoms with E-state index in [0.717, 1.165) is 12.1 Å². The van der Waals surface area contributed by atoms with E-state index in [1.807, 2.05) is 0 Å². The molecule has 2 unspecified atom stereocenters. The standard InChI is InChI=1S/C10H21N2/c1-9(2)12-6-4-10(8-12)11(3)5-7-12/h9-10H,4-8H2,1-3H3/q+1. The van der Waals surface area contributed by atoms with E-state index in [1.165, 1.54) is 37.1 Å². The van der Waals surface area contributed by atoms with Gasteiger partial charge in [0, 0.05) is 13.0 Å². The third-order valence-corrected chi connectivity index (χ3v) is 4.10. The van der Waals surface area contributed by atoms with Gasteiger partial charge in [-0.1, -0.05) is 0 Å². The van der Waals surface area contributed by atoms with Crippen LogP contribution in [0.5, 0.6) is 0 Å². The maximum absolute atomic E-state index is 2.55. The van der Waals surface area contributed by atoms with Crippen LogP contribution in [-0.2, 0) is 0 Å². The monoisotopic (exact) mass is 169 g/mol. The highest BCUT2D eigenvalue weighted by atomic mass is 15.5. The molecule has 0 aromatic heterocycles. The van der Waals surface area contributed by atoms with Crippen LogP contribution in [-0.4, -0.2) is 54.7 Å². The second-order valence-corrected chi connectivity index (χ2v) is 4.87. The maximum atomic E-state index is 2.55. The van der Waals surface area contributed by atoms with Crippen molar-refractivity contribution in [1.82, 2.24) is 4.90 Å². The van der Waals surface area contributed by atoms with Gasteiger partial charge in [-0.2, -0.15) is 0 Å². The van der Waals surface area contributed by atoms with E-state index in [0.29, 0.717) is 0 Å². The van der Waals surface area contributed by atoms with Crippen molar-refractivity contribution in [1.29, 1.82) is 0 Å². The number of hydrogen-bond donors (Lipinski definition) is 0. The predicted octanol–water partition coefficient (Wildman–Crippen LogP) is 0.929. The quantitative estimate of drug-likeness (QED) is 0.528. The maximum Gasteiger partial charge on any atom is 0.0949 e. The van der Waals surface area contributed by atoms with Crippen molar-refractivity contribution in [2.24, 2.45) is 0 Å². The molecule has 0 aromatic rings. The van der Waals surface area contributed by atoms with Gasteiger partial charge in [-0.25, -0.2) is 0 Å². The molecule has 0 spiro atoms. The summed E-state index contributed by atoms with van der Waals surface area (Å²) in [4.78, 5) is 2.55. The van der Waals surface area contributed by atoms with Crippen molar-refractivity contribution in [3.05, 3.63) is 0 Å². The van der Waals surface area contributed by atoms with Crippen molar-refractivity contribution in [3.8, 4) is 0 Å². The molecule has 2 bridgehead atoms. The zero-order valence-electron chi connectivity index (χ0n) is 8.58. The number of nitrogens with zero attached hydrogens (tertiary/aromatic N) is 2. The molecule has 2 nitrogen and oxygen atoms in total. The molecular formula is C10H21N2+. The molecule has 70 valence electrons. The number of rotatable bonds is 1. The first-order valence-corrected chi connectivity index (χ1v) is 5.20. The van der Waals surface area contributed by atoms with Crippen LogP contribution < -0.4 is 0 Å². The van der Waals surface area contributed by atoms with Crippen LogP contribution in [0.4, 0.5) is 0 Å². The first-order valence-electron chi connectivity index (χ1n) is 5.20. The third kappa shape index (κ3) is 1.09. The zero-order chi connectivity index (χ0) is 8.77. The fraction of sp³-hybridized carbons (Fsp3) is 1.00. The van der Waals surface area contributed by atoms with Gasteiger partial charge in [0.1, 0.15) is 0 Å². The van der Waals surface area contributed by atoms with Gasteiger partial charge in [0.25, 0.3) is 0 Å². The lowest BCUT2D eigenvalue weighted by Crippen LogP contribution is -2.59. The summed E-state index contributed by atoms with van der Waals surface area (Å²) in [7, 11) is 2.28. The molecule has 0 aromatic carbocycles. The number of hydrogen-bond acceptors (Lipinski definition) is 1. The fourth-order valence-corrected chi connectivity index (χ4v) is 2.84. The number of fused-ring (bicyclic) bond motifs is 2. The highest BCUT2D eigenvalue weighted by Gasteiger charge is 2.45. The first-order chi connectivity index (χ1) is 5.64. The zero-order valence-corrected chi connectivity index (χ0v) is 8.58. The van der Waals surface area contributed by atoms with E-state index in [1.54, 1.807) is 0 Å². The van der Waals surface area contributed by atoms with Crippen molar-refractivity contribution in [3.63, 3.8) is 0 Å². The Morgan fingerprint density at radius 1 is 1.33 bits per heavy atom. The van der Waals surface area contributed by atoms with Crippen LogP contribution in [0.1, 0.15) is 20.3 Å². The summed E-state index contributed by atoms with van der Waals surface area (Å²) in [6, 6.07) is 1.73. The van der Waals surface area contributed by atoms with Gasteiger partial charge in [0.15, 0.2) is 0 Å². The average Bonchev–Trinajstić information content (AvgIpc) is 2.40. The van der Waals surface area contributed by atoms with Crippen molar-refractivity contribution >= 4 is 0 Å². The van der Waals surface area contributed by atoms with Gasteiger partial charge in [0.2, 0.25) is 0 Å². The lowest BCUT2D eigenvalue weighted by Gasteiger charge is -2.43. The molecular weight excluding hydrogens is 148 g/mol. The molecule has 2 heterocycles. The lowest BCUT2D eigenvalue weighted by molar-refractivity contribution is -0.940. The molecule has 0 aliphatic carbocycles. The first kappa shape index (κ1) is 8.52. The molecule has 2 atom stereocenters. The lowest BCUT2D eigenvalue weighted by atomic mass is 10.2. The van der Waals surface area contributed by atoms with E-state index >= 15 is 0 Å². The second-order valence-electron chi connectivity index (χ2n) is 4.87. The summed E-state index contributed by atoms with van der Waals surface area (Å²) in [5.41, 5.74) is 0. The number of likely N-dealkylation sites (N-methyl/N-ethyl adjacent to an activating group) is 1. The van der Waals surface area contributed by atoms with Gasteiger partial charge in [-0.15, -0.1) is 0 Å². The average molecular weight is 169 g/mol. The Labute approximate surface area is 75.7 Å². The molecule has 0 radical (unpaired) electrons. The van der Waals surface area contributed by atoms with Crippen molar-refractivity contribution in [2.45, 2.75) is 32.4 Å². The summed E-state index contributed by atoms with van der Waals surface area (Å²) in [6.45, 7) is 10.3. The molecule has 2 heteroatoms. The smallest absolute Gasteiger partial charge is 0.0949 e. The molecule has 2 aliphatic heterocycles. The summed E-state index contributed by atoms with van der Waals surface area (Å²) < 4.78 is 1.40. The number of piperazine rings is 1. The van der Waals surface area contributed by atoms with Gasteiger partial charge >= 0.3 is 0 Å². The van der Waals surface area contributed by atoms with Crippen LogP contribution in [0.25, 0.3) is 0 Å². The summed E-state index contributed by atoms with van der Waals surface area (Å²) >= 11 is 0. The van der Waals surface area contributed by atoms with Crippen molar-refractivity contribution in [2.75, 3.05) is 33.2 Å². The Hall–Kier alpha value is -0.0800. The van der Waals surface area contributed by atoms with Gasteiger partial charge in [0.05, 0.1) is 31.7 Å². The Bertz CT molecular complexity index is 179. The van der Waals surface area contributed by atoms with E-state index in [4.69, 9.17) is 0 Å².